The van der Waals surface area contributed by atoms with Crippen LogP contribution in [0.1, 0.15) is 30.4 Å². The predicted molar refractivity (Wildman–Crippen MR) is 103 cm³/mol. The first-order valence-electron chi connectivity index (χ1n) is 9.92. The van der Waals surface area contributed by atoms with Crippen molar-refractivity contribution in [2.24, 2.45) is 10.9 Å². The Hall–Kier alpha value is -1.60. The van der Waals surface area contributed by atoms with Crippen LogP contribution in [0, 0.1) is 19.8 Å². The molecule has 3 rings (SSSR count). The quantitative estimate of drug-likeness (QED) is 0.610. The smallest absolute Gasteiger partial charge is 0.193 e. The van der Waals surface area contributed by atoms with Gasteiger partial charge in [-0.05, 0) is 39.5 Å². The third-order valence-electron chi connectivity index (χ3n) is 5.34. The van der Waals surface area contributed by atoms with Crippen LogP contribution in [-0.2, 0) is 11.2 Å². The Morgan fingerprint density at radius 2 is 2.08 bits per heavy atom. The highest BCUT2D eigenvalue weighted by molar-refractivity contribution is 5.80. The Bertz CT molecular complexity index is 575. The molecule has 1 unspecified atom stereocenters. The minimum Gasteiger partial charge on any atom is -0.379 e. The number of aromatic nitrogens is 1. The minimum absolute atomic E-state index is 0.722. The average Bonchev–Trinajstić information content (AvgIpc) is 3.23. The number of rotatable bonds is 6. The van der Waals surface area contributed by atoms with Gasteiger partial charge in [-0.25, -0.2) is 0 Å². The first-order chi connectivity index (χ1) is 12.7. The van der Waals surface area contributed by atoms with Gasteiger partial charge in [0, 0.05) is 51.4 Å². The van der Waals surface area contributed by atoms with Gasteiger partial charge in [0.05, 0.1) is 18.9 Å². The summed E-state index contributed by atoms with van der Waals surface area (Å²) < 4.78 is 10.7. The van der Waals surface area contributed by atoms with Gasteiger partial charge >= 0.3 is 0 Å². The van der Waals surface area contributed by atoms with Gasteiger partial charge in [-0.2, -0.15) is 0 Å². The summed E-state index contributed by atoms with van der Waals surface area (Å²) in [5, 5.41) is 7.49. The maximum atomic E-state index is 5.45. The molecular weight excluding hydrogens is 330 g/mol. The van der Waals surface area contributed by atoms with Crippen LogP contribution in [0.4, 0.5) is 0 Å². The van der Waals surface area contributed by atoms with E-state index in [9.17, 15) is 0 Å². The van der Waals surface area contributed by atoms with E-state index in [0.717, 1.165) is 82.2 Å². The van der Waals surface area contributed by atoms with E-state index in [0.29, 0.717) is 0 Å². The van der Waals surface area contributed by atoms with Crippen LogP contribution in [0.2, 0.25) is 0 Å². The lowest BCUT2D eigenvalue weighted by Crippen LogP contribution is -2.42. The fraction of sp³-hybridized carbons (Fsp3) is 0.789. The van der Waals surface area contributed by atoms with Crippen molar-refractivity contribution in [3.63, 3.8) is 0 Å². The standard InChI is InChI=1S/C19H33N5O2/c1-4-20-19(21-7-5-18-15(2)22-26-16(18)3)24-8-6-17(14-24)13-23-9-11-25-12-10-23/h17H,4-14H2,1-3H3,(H,20,21). The summed E-state index contributed by atoms with van der Waals surface area (Å²) in [5.74, 6) is 2.68. The zero-order valence-electron chi connectivity index (χ0n) is 16.5. The number of likely N-dealkylation sites (tertiary alicyclic amines) is 1. The topological polar surface area (TPSA) is 66.1 Å². The lowest BCUT2D eigenvalue weighted by Gasteiger charge is -2.29. The maximum Gasteiger partial charge on any atom is 0.193 e. The Morgan fingerprint density at radius 3 is 2.77 bits per heavy atom. The summed E-state index contributed by atoms with van der Waals surface area (Å²) in [4.78, 5) is 9.82. The largest absolute Gasteiger partial charge is 0.379 e. The zero-order chi connectivity index (χ0) is 18.4. The lowest BCUT2D eigenvalue weighted by molar-refractivity contribution is 0.0315. The van der Waals surface area contributed by atoms with Crippen LogP contribution in [0.3, 0.4) is 0 Å². The summed E-state index contributed by atoms with van der Waals surface area (Å²) in [7, 11) is 0. The van der Waals surface area contributed by atoms with Gasteiger partial charge in [-0.3, -0.25) is 9.89 Å². The molecule has 0 aromatic carbocycles. The van der Waals surface area contributed by atoms with Crippen molar-refractivity contribution >= 4 is 5.96 Å². The summed E-state index contributed by atoms with van der Waals surface area (Å²) >= 11 is 0. The van der Waals surface area contributed by atoms with E-state index in [1.807, 2.05) is 13.8 Å². The number of hydrogen-bond donors (Lipinski definition) is 1. The van der Waals surface area contributed by atoms with Crippen molar-refractivity contribution < 1.29 is 9.26 Å². The van der Waals surface area contributed by atoms with Crippen LogP contribution in [0.5, 0.6) is 0 Å². The molecule has 0 spiro atoms. The number of aryl methyl sites for hydroxylation is 2. The van der Waals surface area contributed by atoms with Crippen LogP contribution in [0.25, 0.3) is 0 Å². The molecule has 2 aliphatic rings. The van der Waals surface area contributed by atoms with Crippen LogP contribution < -0.4 is 5.32 Å². The molecule has 0 aliphatic carbocycles. The Kier molecular flexibility index (Phi) is 6.91. The number of aliphatic imine (C=N–C) groups is 1. The highest BCUT2D eigenvalue weighted by Crippen LogP contribution is 2.18. The first-order valence-corrected chi connectivity index (χ1v) is 9.92. The van der Waals surface area contributed by atoms with Crippen LogP contribution >= 0.6 is 0 Å². The van der Waals surface area contributed by atoms with Gasteiger partial charge in [0.25, 0.3) is 0 Å². The molecule has 2 saturated heterocycles. The fourth-order valence-electron chi connectivity index (χ4n) is 3.88. The number of ether oxygens (including phenoxy) is 1. The Labute approximate surface area is 156 Å². The van der Waals surface area contributed by atoms with Crippen molar-refractivity contribution in [3.8, 4) is 0 Å². The molecule has 146 valence electrons. The van der Waals surface area contributed by atoms with E-state index < -0.39 is 0 Å². The van der Waals surface area contributed by atoms with Gasteiger partial charge in [0.2, 0.25) is 0 Å². The van der Waals surface area contributed by atoms with E-state index in [-0.39, 0.29) is 0 Å². The molecule has 0 amide bonds. The second kappa shape index (κ2) is 9.37. The third-order valence-corrected chi connectivity index (χ3v) is 5.34. The van der Waals surface area contributed by atoms with E-state index in [4.69, 9.17) is 14.3 Å². The summed E-state index contributed by atoms with van der Waals surface area (Å²) in [6.45, 7) is 15.0. The van der Waals surface area contributed by atoms with Gasteiger partial charge in [0.1, 0.15) is 5.76 Å². The van der Waals surface area contributed by atoms with E-state index >= 15 is 0 Å². The van der Waals surface area contributed by atoms with Crippen LogP contribution in [-0.4, -0.2) is 79.9 Å². The highest BCUT2D eigenvalue weighted by atomic mass is 16.5. The summed E-state index contributed by atoms with van der Waals surface area (Å²) in [6, 6.07) is 0. The molecule has 1 N–H and O–H groups in total. The molecule has 7 heteroatoms. The van der Waals surface area contributed by atoms with Crippen molar-refractivity contribution in [1.82, 2.24) is 20.3 Å². The molecule has 0 saturated carbocycles. The number of hydrogen-bond acceptors (Lipinski definition) is 5. The normalized spacial score (nSPS) is 22.2. The van der Waals surface area contributed by atoms with Crippen molar-refractivity contribution in [3.05, 3.63) is 17.0 Å². The minimum atomic E-state index is 0.722. The predicted octanol–water partition coefficient (Wildman–Crippen LogP) is 1.45. The molecule has 7 nitrogen and oxygen atoms in total. The average molecular weight is 364 g/mol. The Balaban J connectivity index is 1.52. The molecule has 1 atom stereocenters. The molecule has 3 heterocycles. The van der Waals surface area contributed by atoms with E-state index in [2.05, 4.69) is 27.2 Å². The second-order valence-corrected chi connectivity index (χ2v) is 7.30. The third kappa shape index (κ3) is 4.98. The van der Waals surface area contributed by atoms with E-state index in [1.165, 1.54) is 18.5 Å². The number of nitrogens with zero attached hydrogens (tertiary/aromatic N) is 4. The van der Waals surface area contributed by atoms with Crippen molar-refractivity contribution in [2.75, 3.05) is 59.0 Å². The first kappa shape index (κ1) is 19.2. The molecular formula is C19H33N5O2. The number of morpholine rings is 1. The van der Waals surface area contributed by atoms with E-state index in [1.54, 1.807) is 0 Å². The Morgan fingerprint density at radius 1 is 1.27 bits per heavy atom. The number of nitrogens with one attached hydrogen (secondary N) is 1. The van der Waals surface area contributed by atoms with Crippen molar-refractivity contribution in [1.29, 1.82) is 0 Å². The zero-order valence-corrected chi connectivity index (χ0v) is 16.5. The fourth-order valence-corrected chi connectivity index (χ4v) is 3.88. The molecule has 0 bridgehead atoms. The molecule has 1 aromatic heterocycles. The van der Waals surface area contributed by atoms with Crippen LogP contribution in [0.15, 0.2) is 9.52 Å². The molecule has 26 heavy (non-hydrogen) atoms. The summed E-state index contributed by atoms with van der Waals surface area (Å²) in [5.41, 5.74) is 2.17. The monoisotopic (exact) mass is 363 g/mol. The molecule has 1 aromatic rings. The maximum absolute atomic E-state index is 5.45. The summed E-state index contributed by atoms with van der Waals surface area (Å²) in [6.07, 6.45) is 2.12. The van der Waals surface area contributed by atoms with Gasteiger partial charge in [0.15, 0.2) is 5.96 Å². The van der Waals surface area contributed by atoms with Crippen molar-refractivity contribution in [2.45, 2.75) is 33.6 Å². The van der Waals surface area contributed by atoms with Gasteiger partial charge in [-0.15, -0.1) is 0 Å². The number of guanidine groups is 1. The molecule has 2 aliphatic heterocycles. The second-order valence-electron chi connectivity index (χ2n) is 7.30. The molecule has 2 fully saturated rings. The lowest BCUT2D eigenvalue weighted by atomic mass is 10.1. The van der Waals surface area contributed by atoms with Gasteiger partial charge < -0.3 is 19.5 Å². The SMILES string of the molecule is CCNC(=NCCc1c(C)noc1C)N1CCC(CN2CCOCC2)C1. The molecule has 0 radical (unpaired) electrons. The van der Waals surface area contributed by atoms with Gasteiger partial charge in [-0.1, -0.05) is 5.16 Å². The highest BCUT2D eigenvalue weighted by Gasteiger charge is 2.27.